The predicted molar refractivity (Wildman–Crippen MR) is 168 cm³/mol. The third-order valence-electron chi connectivity index (χ3n) is 8.79. The highest BCUT2D eigenvalue weighted by Gasteiger charge is 2.38. The number of fused-ring (bicyclic) bond motifs is 2. The number of nitrogens with zero attached hydrogens (tertiary/aromatic N) is 4. The highest BCUT2D eigenvalue weighted by molar-refractivity contribution is 5.99. The zero-order chi connectivity index (χ0) is 26.7. The number of amides is 2. The third-order valence-corrected chi connectivity index (χ3v) is 8.79. The van der Waals surface area contributed by atoms with Gasteiger partial charge in [-0.05, 0) is 62.2 Å². The lowest BCUT2D eigenvalue weighted by Crippen LogP contribution is -2.43. The molecule has 1 spiro atoms. The molecule has 2 aromatic carbocycles. The maximum Gasteiger partial charge on any atom is 0.232 e. The van der Waals surface area contributed by atoms with Gasteiger partial charge in [0.2, 0.25) is 11.8 Å². The number of likely N-dealkylation sites (tertiary alicyclic amines) is 2. The number of piperidine rings is 1. The number of anilines is 1. The smallest absolute Gasteiger partial charge is 0.232 e. The number of halogens is 2. The Hall–Kier alpha value is -3.13. The van der Waals surface area contributed by atoms with E-state index in [4.69, 9.17) is 0 Å². The van der Waals surface area contributed by atoms with Gasteiger partial charge in [-0.25, -0.2) is 4.98 Å². The maximum atomic E-state index is 13.7. The Bertz CT molecular complexity index is 1320. The minimum Gasteiger partial charge on any atom is -0.348 e. The van der Waals surface area contributed by atoms with Crippen LogP contribution in [0.3, 0.4) is 0 Å². The maximum absolute atomic E-state index is 13.7. The number of aromatic amines is 1. The Kier molecular flexibility index (Phi) is 10.3. The average molecular weight is 597 g/mol. The van der Waals surface area contributed by atoms with Crippen LogP contribution < -0.4 is 4.90 Å². The van der Waals surface area contributed by atoms with Crippen LogP contribution in [0.1, 0.15) is 42.5 Å². The van der Waals surface area contributed by atoms with E-state index in [0.717, 1.165) is 50.3 Å². The van der Waals surface area contributed by atoms with Gasteiger partial charge < -0.3 is 19.7 Å². The molecule has 7 nitrogen and oxygen atoms in total. The highest BCUT2D eigenvalue weighted by Crippen LogP contribution is 2.43. The summed E-state index contributed by atoms with van der Waals surface area (Å²) in [6, 6.07) is 18.7. The van der Waals surface area contributed by atoms with Gasteiger partial charge in [0.05, 0.1) is 12.2 Å². The van der Waals surface area contributed by atoms with E-state index in [2.05, 4.69) is 51.3 Å². The van der Waals surface area contributed by atoms with Gasteiger partial charge in [0.15, 0.2) is 0 Å². The van der Waals surface area contributed by atoms with Crippen molar-refractivity contribution in [1.29, 1.82) is 0 Å². The normalized spacial score (nSPS) is 19.1. The molecule has 1 unspecified atom stereocenters. The fourth-order valence-corrected chi connectivity index (χ4v) is 6.52. The number of allylic oxidation sites excluding steroid dienone is 1. The van der Waals surface area contributed by atoms with Crippen molar-refractivity contribution in [1.82, 2.24) is 19.8 Å². The van der Waals surface area contributed by atoms with Crippen molar-refractivity contribution in [2.24, 2.45) is 5.92 Å². The molecule has 2 amide bonds. The van der Waals surface area contributed by atoms with E-state index in [-0.39, 0.29) is 54.4 Å². The number of aromatic nitrogens is 2. The molecule has 3 heterocycles. The molecule has 3 aromatic rings. The first kappa shape index (κ1) is 30.8. The molecule has 1 atom stereocenters. The van der Waals surface area contributed by atoms with Crippen molar-refractivity contribution in [3.8, 4) is 0 Å². The van der Waals surface area contributed by atoms with Crippen LogP contribution in [0.5, 0.6) is 0 Å². The van der Waals surface area contributed by atoms with Gasteiger partial charge in [-0.1, -0.05) is 54.6 Å². The summed E-state index contributed by atoms with van der Waals surface area (Å²) in [6.07, 6.45) is 12.3. The number of carbonyl (C=O) groups is 2. The highest BCUT2D eigenvalue weighted by atomic mass is 35.5. The van der Waals surface area contributed by atoms with Crippen molar-refractivity contribution < 1.29 is 9.59 Å². The third kappa shape index (κ3) is 6.69. The van der Waals surface area contributed by atoms with Crippen LogP contribution in [0, 0.1) is 5.92 Å². The van der Waals surface area contributed by atoms with Gasteiger partial charge in [0, 0.05) is 55.5 Å². The van der Waals surface area contributed by atoms with Crippen molar-refractivity contribution in [3.63, 3.8) is 0 Å². The van der Waals surface area contributed by atoms with Crippen LogP contribution in [0.2, 0.25) is 0 Å². The zero-order valence-electron chi connectivity index (χ0n) is 23.3. The Morgan fingerprint density at radius 2 is 1.78 bits per heavy atom. The number of nitrogens with one attached hydrogen (secondary N) is 1. The molecule has 218 valence electrons. The van der Waals surface area contributed by atoms with Crippen molar-refractivity contribution in [2.75, 3.05) is 44.2 Å². The monoisotopic (exact) mass is 595 g/mol. The quantitative estimate of drug-likeness (QED) is 0.372. The van der Waals surface area contributed by atoms with Crippen LogP contribution in [0.25, 0.3) is 6.08 Å². The number of para-hydroxylation sites is 1. The van der Waals surface area contributed by atoms with Crippen molar-refractivity contribution in [2.45, 2.75) is 37.5 Å². The van der Waals surface area contributed by atoms with Gasteiger partial charge >= 0.3 is 0 Å². The van der Waals surface area contributed by atoms with Crippen molar-refractivity contribution >= 4 is 48.4 Å². The van der Waals surface area contributed by atoms with E-state index in [9.17, 15) is 9.59 Å². The fraction of sp³-hybridized carbons (Fsp3) is 0.406. The number of H-pyrrole nitrogens is 1. The van der Waals surface area contributed by atoms with E-state index in [1.807, 2.05) is 40.1 Å². The molecule has 6 rings (SSSR count). The lowest BCUT2D eigenvalue weighted by atomic mass is 9.74. The number of imidazole rings is 1. The summed E-state index contributed by atoms with van der Waals surface area (Å²) in [5.41, 5.74) is 4.96. The van der Waals surface area contributed by atoms with Gasteiger partial charge in [-0.15, -0.1) is 24.8 Å². The molecule has 41 heavy (non-hydrogen) atoms. The van der Waals surface area contributed by atoms with Crippen LogP contribution in [-0.4, -0.2) is 70.9 Å². The van der Waals surface area contributed by atoms with Crippen molar-refractivity contribution in [3.05, 3.63) is 90.0 Å². The summed E-state index contributed by atoms with van der Waals surface area (Å²) < 4.78 is 0. The molecule has 0 bridgehead atoms. The molecular weight excluding hydrogens is 557 g/mol. The number of rotatable bonds is 9. The number of carbonyl (C=O) groups excluding carboxylic acids is 2. The van der Waals surface area contributed by atoms with Crippen LogP contribution in [0.4, 0.5) is 5.69 Å². The first-order valence-electron chi connectivity index (χ1n) is 14.2. The number of hydrogen-bond donors (Lipinski definition) is 1. The lowest BCUT2D eigenvalue weighted by molar-refractivity contribution is -0.128. The predicted octanol–water partition coefficient (Wildman–Crippen LogP) is 5.13. The molecule has 3 aliphatic rings. The van der Waals surface area contributed by atoms with Gasteiger partial charge in [-0.2, -0.15) is 0 Å². The summed E-state index contributed by atoms with van der Waals surface area (Å²) in [5.74, 6) is -0.182. The van der Waals surface area contributed by atoms with Gasteiger partial charge in [0.25, 0.3) is 0 Å². The lowest BCUT2D eigenvalue weighted by Gasteiger charge is -2.39. The molecule has 9 heteroatoms. The van der Waals surface area contributed by atoms with Crippen LogP contribution in [0.15, 0.2) is 73.2 Å². The molecular formula is C32H39Cl2N5O2. The molecule has 2 fully saturated rings. The van der Waals surface area contributed by atoms with E-state index < -0.39 is 0 Å². The summed E-state index contributed by atoms with van der Waals surface area (Å²) in [6.45, 7) is 4.86. The van der Waals surface area contributed by atoms with E-state index >= 15 is 0 Å². The fourth-order valence-electron chi connectivity index (χ4n) is 6.52. The standard InChI is InChI=1S/C32H37N5O2.2ClH/c38-30-21-26(23-36(30)18-12-27-22-33-24-34-27)31(39)37(28-8-2-1-3-9-28)17-6-16-35-19-14-32(15-20-35)13-11-25-7-4-5-10-29(25)32;;/h1-5,7-11,13,22,24,26H,6,12,14-21,23H2,(H,33,34);2*1H. The summed E-state index contributed by atoms with van der Waals surface area (Å²) in [7, 11) is 0. The topological polar surface area (TPSA) is 72.5 Å². The molecule has 1 N–H and O–H groups in total. The summed E-state index contributed by atoms with van der Waals surface area (Å²) in [4.78, 5) is 39.9. The minimum atomic E-state index is -0.302. The summed E-state index contributed by atoms with van der Waals surface area (Å²) >= 11 is 0. The minimum absolute atomic E-state index is 0. The van der Waals surface area contributed by atoms with Gasteiger partial charge in [0.1, 0.15) is 0 Å². The van der Waals surface area contributed by atoms with E-state index in [1.54, 1.807) is 12.5 Å². The first-order valence-corrected chi connectivity index (χ1v) is 14.2. The average Bonchev–Trinajstić information content (AvgIpc) is 3.71. The van der Waals surface area contributed by atoms with Crippen LogP contribution >= 0.6 is 24.8 Å². The largest absolute Gasteiger partial charge is 0.348 e. The summed E-state index contributed by atoms with van der Waals surface area (Å²) in [5, 5.41) is 0. The Labute approximate surface area is 254 Å². The molecule has 0 saturated carbocycles. The van der Waals surface area contributed by atoms with E-state index in [1.165, 1.54) is 11.1 Å². The molecule has 1 aliphatic carbocycles. The number of benzene rings is 2. The second-order valence-electron chi connectivity index (χ2n) is 11.2. The molecule has 1 aromatic heterocycles. The SMILES string of the molecule is Cl.Cl.O=C1CC(C(=O)N(CCCN2CCC3(C=Cc4ccccc43)CC2)c2ccccc2)CN1CCc1cnc[nH]1. The molecule has 2 saturated heterocycles. The van der Waals surface area contributed by atoms with E-state index in [0.29, 0.717) is 26.1 Å². The first-order chi connectivity index (χ1) is 19.1. The second kappa shape index (κ2) is 13.7. The van der Waals surface area contributed by atoms with Crippen LogP contribution in [-0.2, 0) is 21.4 Å². The molecule has 0 radical (unpaired) electrons. The number of hydrogen-bond acceptors (Lipinski definition) is 4. The Morgan fingerprint density at radius 3 is 2.54 bits per heavy atom. The Balaban J connectivity index is 0.00000194. The molecule has 2 aliphatic heterocycles. The second-order valence-corrected chi connectivity index (χ2v) is 11.2. The van der Waals surface area contributed by atoms with Gasteiger partial charge in [-0.3, -0.25) is 9.59 Å². The zero-order valence-corrected chi connectivity index (χ0v) is 24.9. The Morgan fingerprint density at radius 1 is 1.02 bits per heavy atom.